The van der Waals surface area contributed by atoms with Gasteiger partial charge in [-0.05, 0) is 38.1 Å². The second-order valence-electron chi connectivity index (χ2n) is 7.73. The van der Waals surface area contributed by atoms with E-state index in [0.29, 0.717) is 18.1 Å². The number of hydrogen-bond donors (Lipinski definition) is 2. The molecule has 0 aromatic carbocycles. The average Bonchev–Trinajstić information content (AvgIpc) is 2.80. The van der Waals surface area contributed by atoms with Gasteiger partial charge in [0.15, 0.2) is 5.82 Å². The van der Waals surface area contributed by atoms with Crippen LogP contribution >= 0.6 is 0 Å². The minimum Gasteiger partial charge on any atom is -0.388 e. The summed E-state index contributed by atoms with van der Waals surface area (Å²) in [5.74, 6) is 0.365. The van der Waals surface area contributed by atoms with Gasteiger partial charge in [-0.2, -0.15) is 0 Å². The Hall–Kier alpha value is -3.17. The van der Waals surface area contributed by atoms with Crippen LogP contribution in [0.5, 0.6) is 0 Å². The van der Waals surface area contributed by atoms with Crippen LogP contribution in [0.4, 0.5) is 10.5 Å². The van der Waals surface area contributed by atoms with Crippen LogP contribution in [-0.4, -0.2) is 62.2 Å². The van der Waals surface area contributed by atoms with E-state index in [0.717, 1.165) is 53.8 Å². The van der Waals surface area contributed by atoms with Gasteiger partial charge in [-0.25, -0.2) is 19.7 Å². The van der Waals surface area contributed by atoms with E-state index in [2.05, 4.69) is 20.3 Å². The van der Waals surface area contributed by atoms with Crippen LogP contribution in [0.1, 0.15) is 24.2 Å². The first-order chi connectivity index (χ1) is 14.7. The van der Waals surface area contributed by atoms with E-state index < -0.39 is 0 Å². The molecule has 1 saturated heterocycles. The summed E-state index contributed by atoms with van der Waals surface area (Å²) in [4.78, 5) is 34.6. The SMILES string of the molecule is CN1Cc2cnc3ccc(-c4cnc(CO)nc4)nc3c2N(C2CCNCC2)C1=O. The molecule has 2 aliphatic rings. The van der Waals surface area contributed by atoms with E-state index >= 15 is 0 Å². The number of carbonyl (C=O) groups is 1. The molecule has 1 fully saturated rings. The van der Waals surface area contributed by atoms with Gasteiger partial charge in [-0.15, -0.1) is 0 Å². The molecule has 154 valence electrons. The van der Waals surface area contributed by atoms with Crippen molar-refractivity contribution < 1.29 is 9.90 Å². The molecule has 9 heteroatoms. The maximum absolute atomic E-state index is 13.2. The summed E-state index contributed by atoms with van der Waals surface area (Å²) in [5, 5.41) is 12.5. The third-order valence-corrected chi connectivity index (χ3v) is 5.76. The molecule has 0 radical (unpaired) electrons. The molecule has 0 bridgehead atoms. The number of hydrogen-bond acceptors (Lipinski definition) is 7. The highest BCUT2D eigenvalue weighted by Gasteiger charge is 2.36. The molecule has 0 spiro atoms. The number of aliphatic hydroxyl groups is 1. The van der Waals surface area contributed by atoms with Crippen LogP contribution in [0.25, 0.3) is 22.3 Å². The maximum atomic E-state index is 13.2. The number of carbonyl (C=O) groups excluding carboxylic acids is 1. The number of nitrogens with zero attached hydrogens (tertiary/aromatic N) is 6. The Labute approximate surface area is 173 Å². The lowest BCUT2D eigenvalue weighted by molar-refractivity contribution is 0.205. The predicted octanol–water partition coefficient (Wildman–Crippen LogP) is 1.70. The standard InChI is InChI=1S/C21H23N7O2/c1-27-11-14-10-23-17-3-2-16(13-8-24-18(12-29)25-9-13)26-19(17)20(14)28(21(27)30)15-4-6-22-7-5-15/h2-3,8-10,15,22,29H,4-7,11-12H2,1H3. The van der Waals surface area contributed by atoms with Crippen molar-refractivity contribution in [1.29, 1.82) is 0 Å². The lowest BCUT2D eigenvalue weighted by atomic mass is 10.0. The molecule has 2 N–H and O–H groups in total. The van der Waals surface area contributed by atoms with Crippen LogP contribution in [0, 0.1) is 0 Å². The topological polar surface area (TPSA) is 107 Å². The number of rotatable bonds is 3. The van der Waals surface area contributed by atoms with Gasteiger partial charge in [0.1, 0.15) is 12.1 Å². The fraction of sp³-hybridized carbons (Fsp3) is 0.381. The maximum Gasteiger partial charge on any atom is 0.324 e. The van der Waals surface area contributed by atoms with E-state index in [1.807, 2.05) is 30.3 Å². The first-order valence-corrected chi connectivity index (χ1v) is 10.1. The van der Waals surface area contributed by atoms with Crippen molar-refractivity contribution in [3.63, 3.8) is 0 Å². The molecule has 0 unspecified atom stereocenters. The van der Waals surface area contributed by atoms with Gasteiger partial charge in [0.2, 0.25) is 0 Å². The van der Waals surface area contributed by atoms with Gasteiger partial charge < -0.3 is 15.3 Å². The fourth-order valence-corrected chi connectivity index (χ4v) is 4.21. The lowest BCUT2D eigenvalue weighted by Gasteiger charge is -2.41. The number of fused-ring (bicyclic) bond motifs is 3. The lowest BCUT2D eigenvalue weighted by Crippen LogP contribution is -2.53. The second-order valence-corrected chi connectivity index (χ2v) is 7.73. The van der Waals surface area contributed by atoms with Crippen molar-refractivity contribution in [3.05, 3.63) is 42.1 Å². The summed E-state index contributed by atoms with van der Waals surface area (Å²) in [7, 11) is 1.83. The zero-order valence-corrected chi connectivity index (χ0v) is 16.7. The van der Waals surface area contributed by atoms with Crippen LogP contribution < -0.4 is 10.2 Å². The van der Waals surface area contributed by atoms with Crippen LogP contribution in [-0.2, 0) is 13.2 Å². The second kappa shape index (κ2) is 7.58. The third-order valence-electron chi connectivity index (χ3n) is 5.76. The summed E-state index contributed by atoms with van der Waals surface area (Å²) >= 11 is 0. The Morgan fingerprint density at radius 2 is 1.90 bits per heavy atom. The summed E-state index contributed by atoms with van der Waals surface area (Å²) in [6.45, 7) is 2.09. The molecule has 9 nitrogen and oxygen atoms in total. The number of piperidine rings is 1. The van der Waals surface area contributed by atoms with Crippen molar-refractivity contribution in [3.8, 4) is 11.3 Å². The van der Waals surface area contributed by atoms with Crippen LogP contribution in [0.15, 0.2) is 30.7 Å². The fourth-order valence-electron chi connectivity index (χ4n) is 4.21. The van der Waals surface area contributed by atoms with E-state index in [9.17, 15) is 9.90 Å². The number of aliphatic hydroxyl groups excluding tert-OH is 1. The number of pyridine rings is 2. The van der Waals surface area contributed by atoms with Crippen molar-refractivity contribution >= 4 is 22.8 Å². The number of anilines is 1. The van der Waals surface area contributed by atoms with Gasteiger partial charge in [0, 0.05) is 42.8 Å². The smallest absolute Gasteiger partial charge is 0.324 e. The minimum absolute atomic E-state index is 0.00438. The van der Waals surface area contributed by atoms with E-state index in [1.54, 1.807) is 17.3 Å². The molecular weight excluding hydrogens is 382 g/mol. The van der Waals surface area contributed by atoms with Gasteiger partial charge in [-0.3, -0.25) is 9.88 Å². The van der Waals surface area contributed by atoms with Crippen molar-refractivity contribution in [1.82, 2.24) is 30.2 Å². The number of aromatic nitrogens is 4. The minimum atomic E-state index is -0.205. The molecular formula is C21H23N7O2. The highest BCUT2D eigenvalue weighted by Crippen LogP contribution is 2.37. The molecule has 3 aromatic rings. The Morgan fingerprint density at radius 1 is 1.13 bits per heavy atom. The summed E-state index contributed by atoms with van der Waals surface area (Å²) < 4.78 is 0. The third kappa shape index (κ3) is 3.16. The molecule has 2 amide bonds. The number of urea groups is 1. The Balaban J connectivity index is 1.66. The van der Waals surface area contributed by atoms with Crippen LogP contribution in [0.2, 0.25) is 0 Å². The first kappa shape index (κ1) is 18.8. The zero-order chi connectivity index (χ0) is 20.7. The number of amides is 2. The van der Waals surface area contributed by atoms with Gasteiger partial charge in [0.05, 0.1) is 23.4 Å². The quantitative estimate of drug-likeness (QED) is 0.683. The van der Waals surface area contributed by atoms with Crippen molar-refractivity contribution in [2.45, 2.75) is 32.0 Å². The molecule has 5 rings (SSSR count). The zero-order valence-electron chi connectivity index (χ0n) is 16.7. The van der Waals surface area contributed by atoms with Gasteiger partial charge >= 0.3 is 6.03 Å². The predicted molar refractivity (Wildman–Crippen MR) is 112 cm³/mol. The molecule has 0 aliphatic carbocycles. The Morgan fingerprint density at radius 3 is 2.63 bits per heavy atom. The Kier molecular flexibility index (Phi) is 4.76. The van der Waals surface area contributed by atoms with E-state index in [-0.39, 0.29) is 18.7 Å². The molecule has 30 heavy (non-hydrogen) atoms. The largest absolute Gasteiger partial charge is 0.388 e. The molecule has 5 heterocycles. The van der Waals surface area contributed by atoms with E-state index in [1.165, 1.54) is 0 Å². The molecule has 0 atom stereocenters. The molecule has 2 aliphatic heterocycles. The Bertz CT molecular complexity index is 1100. The first-order valence-electron chi connectivity index (χ1n) is 10.1. The normalized spacial score (nSPS) is 17.5. The summed E-state index contributed by atoms with van der Waals surface area (Å²) in [6.07, 6.45) is 6.96. The summed E-state index contributed by atoms with van der Waals surface area (Å²) in [6, 6.07) is 3.93. The monoisotopic (exact) mass is 405 g/mol. The van der Waals surface area contributed by atoms with E-state index in [4.69, 9.17) is 4.98 Å². The van der Waals surface area contributed by atoms with Gasteiger partial charge in [-0.1, -0.05) is 0 Å². The highest BCUT2D eigenvalue weighted by atomic mass is 16.3. The van der Waals surface area contributed by atoms with Crippen LogP contribution in [0.3, 0.4) is 0 Å². The van der Waals surface area contributed by atoms with Crippen molar-refractivity contribution in [2.75, 3.05) is 25.0 Å². The molecule has 3 aromatic heterocycles. The average molecular weight is 405 g/mol. The summed E-state index contributed by atoms with van der Waals surface area (Å²) in [5.41, 5.74) is 4.79. The highest BCUT2D eigenvalue weighted by molar-refractivity contribution is 6.04. The van der Waals surface area contributed by atoms with Crippen molar-refractivity contribution in [2.24, 2.45) is 0 Å². The van der Waals surface area contributed by atoms with Gasteiger partial charge in [0.25, 0.3) is 0 Å². The number of nitrogens with one attached hydrogen (secondary N) is 1. The molecule has 0 saturated carbocycles.